The third-order valence-electron chi connectivity index (χ3n) is 5.65. The highest BCUT2D eigenvalue weighted by atomic mass is 16.6. The standard InChI is InChI=1S/C24H24N6O2/c1-17-12-23(27-24(26-17)21-4-3-5-22(13-21)30(31)32)29-11-10-28(15-18(29)2)16-20-8-6-19(14-25)7-9-20/h3-9,12-13,18H,10-11,15-16H2,1-2H3/t18-/m0/s1. The molecule has 8 nitrogen and oxygen atoms in total. The molecule has 0 saturated carbocycles. The Hall–Kier alpha value is -3.83. The van der Waals surface area contributed by atoms with Crippen molar-refractivity contribution in [2.24, 2.45) is 0 Å². The molecule has 1 aromatic heterocycles. The quantitative estimate of drug-likeness (QED) is 0.448. The first-order valence-electron chi connectivity index (χ1n) is 10.5. The molecule has 0 radical (unpaired) electrons. The number of hydrogen-bond acceptors (Lipinski definition) is 7. The van der Waals surface area contributed by atoms with Gasteiger partial charge in [0.2, 0.25) is 0 Å². The predicted molar refractivity (Wildman–Crippen MR) is 122 cm³/mol. The zero-order chi connectivity index (χ0) is 22.7. The molecule has 0 N–H and O–H groups in total. The van der Waals surface area contributed by atoms with Crippen LogP contribution in [0.15, 0.2) is 54.6 Å². The molecule has 0 aliphatic carbocycles. The number of rotatable bonds is 5. The third-order valence-corrected chi connectivity index (χ3v) is 5.65. The molecule has 1 fully saturated rings. The lowest BCUT2D eigenvalue weighted by molar-refractivity contribution is -0.384. The Balaban J connectivity index is 1.50. The Kier molecular flexibility index (Phi) is 6.10. The van der Waals surface area contributed by atoms with Gasteiger partial charge in [0.1, 0.15) is 5.82 Å². The summed E-state index contributed by atoms with van der Waals surface area (Å²) < 4.78 is 0. The average molecular weight is 428 g/mol. The fraction of sp³-hybridized carbons (Fsp3) is 0.292. The molecule has 1 aliphatic rings. The molecule has 1 saturated heterocycles. The molecule has 0 bridgehead atoms. The van der Waals surface area contributed by atoms with E-state index in [1.165, 1.54) is 17.7 Å². The maximum Gasteiger partial charge on any atom is 0.270 e. The van der Waals surface area contributed by atoms with Crippen molar-refractivity contribution in [3.63, 3.8) is 0 Å². The monoisotopic (exact) mass is 428 g/mol. The molecule has 4 rings (SSSR count). The molecule has 1 aliphatic heterocycles. The number of aryl methyl sites for hydroxylation is 1. The normalized spacial score (nSPS) is 16.5. The minimum Gasteiger partial charge on any atom is -0.351 e. The van der Waals surface area contributed by atoms with Gasteiger partial charge in [0.05, 0.1) is 16.6 Å². The highest BCUT2D eigenvalue weighted by Gasteiger charge is 2.25. The minimum atomic E-state index is -0.407. The van der Waals surface area contributed by atoms with E-state index < -0.39 is 4.92 Å². The molecule has 8 heteroatoms. The lowest BCUT2D eigenvalue weighted by atomic mass is 10.1. The third kappa shape index (κ3) is 4.74. The summed E-state index contributed by atoms with van der Waals surface area (Å²) in [4.78, 5) is 24.7. The predicted octanol–water partition coefficient (Wildman–Crippen LogP) is 3.94. The molecule has 1 atom stereocenters. The number of aromatic nitrogens is 2. The van der Waals surface area contributed by atoms with Gasteiger partial charge in [-0.3, -0.25) is 15.0 Å². The van der Waals surface area contributed by atoms with Crippen molar-refractivity contribution in [2.75, 3.05) is 24.5 Å². The van der Waals surface area contributed by atoms with Crippen molar-refractivity contribution in [2.45, 2.75) is 26.4 Å². The van der Waals surface area contributed by atoms with Crippen LogP contribution in [0.4, 0.5) is 11.5 Å². The first-order valence-corrected chi connectivity index (χ1v) is 10.5. The van der Waals surface area contributed by atoms with Gasteiger partial charge >= 0.3 is 0 Å². The summed E-state index contributed by atoms with van der Waals surface area (Å²) >= 11 is 0. The minimum absolute atomic E-state index is 0.0268. The average Bonchev–Trinajstić information content (AvgIpc) is 2.79. The van der Waals surface area contributed by atoms with Crippen LogP contribution in [0.1, 0.15) is 23.7 Å². The highest BCUT2D eigenvalue weighted by molar-refractivity contribution is 5.61. The fourth-order valence-corrected chi connectivity index (χ4v) is 4.05. The first kappa shape index (κ1) is 21.4. The van der Waals surface area contributed by atoms with Gasteiger partial charge in [-0.1, -0.05) is 24.3 Å². The Labute approximate surface area is 186 Å². The van der Waals surface area contributed by atoms with E-state index in [0.29, 0.717) is 17.0 Å². The van der Waals surface area contributed by atoms with Crippen LogP contribution < -0.4 is 4.90 Å². The van der Waals surface area contributed by atoms with Crippen molar-refractivity contribution in [1.82, 2.24) is 14.9 Å². The number of nitrogens with zero attached hydrogens (tertiary/aromatic N) is 6. The molecule has 0 spiro atoms. The number of non-ortho nitro benzene ring substituents is 1. The molecule has 0 amide bonds. The molecular weight excluding hydrogens is 404 g/mol. The lowest BCUT2D eigenvalue weighted by Crippen LogP contribution is -2.52. The van der Waals surface area contributed by atoms with Crippen molar-refractivity contribution < 1.29 is 4.92 Å². The summed E-state index contributed by atoms with van der Waals surface area (Å²) in [6.07, 6.45) is 0. The van der Waals surface area contributed by atoms with Crippen LogP contribution in [0.5, 0.6) is 0 Å². The second-order valence-corrected chi connectivity index (χ2v) is 8.08. The molecule has 0 unspecified atom stereocenters. The number of benzene rings is 2. The van der Waals surface area contributed by atoms with E-state index >= 15 is 0 Å². The van der Waals surface area contributed by atoms with E-state index in [9.17, 15) is 10.1 Å². The summed E-state index contributed by atoms with van der Waals surface area (Å²) in [5.74, 6) is 1.33. The van der Waals surface area contributed by atoms with Crippen LogP contribution in [-0.2, 0) is 6.54 Å². The van der Waals surface area contributed by atoms with Crippen LogP contribution >= 0.6 is 0 Å². The number of hydrogen-bond donors (Lipinski definition) is 0. The summed E-state index contributed by atoms with van der Waals surface area (Å²) in [7, 11) is 0. The van der Waals surface area contributed by atoms with E-state index in [-0.39, 0.29) is 11.7 Å². The number of piperazine rings is 1. The maximum atomic E-state index is 11.1. The van der Waals surface area contributed by atoms with Crippen LogP contribution in [-0.4, -0.2) is 45.5 Å². The van der Waals surface area contributed by atoms with Gasteiger partial charge in [-0.05, 0) is 31.5 Å². The first-order chi connectivity index (χ1) is 15.4. The van der Waals surface area contributed by atoms with Gasteiger partial charge in [0.15, 0.2) is 5.82 Å². The number of nitriles is 1. The van der Waals surface area contributed by atoms with Gasteiger partial charge in [-0.2, -0.15) is 5.26 Å². The summed E-state index contributed by atoms with van der Waals surface area (Å²) in [6, 6.07) is 18.5. The molecule has 32 heavy (non-hydrogen) atoms. The van der Waals surface area contributed by atoms with Gasteiger partial charge in [-0.25, -0.2) is 9.97 Å². The van der Waals surface area contributed by atoms with Crippen molar-refractivity contribution in [3.05, 3.63) is 81.5 Å². The van der Waals surface area contributed by atoms with E-state index in [1.807, 2.05) is 37.3 Å². The molecular formula is C24H24N6O2. The Morgan fingerprint density at radius 1 is 1.16 bits per heavy atom. The fourth-order valence-electron chi connectivity index (χ4n) is 4.05. The Morgan fingerprint density at radius 3 is 2.62 bits per heavy atom. The largest absolute Gasteiger partial charge is 0.351 e. The number of nitro benzene ring substituents is 1. The van der Waals surface area contributed by atoms with Crippen LogP contribution in [0.2, 0.25) is 0 Å². The van der Waals surface area contributed by atoms with Crippen LogP contribution in [0, 0.1) is 28.4 Å². The second-order valence-electron chi connectivity index (χ2n) is 8.08. The van der Waals surface area contributed by atoms with E-state index in [2.05, 4.69) is 27.8 Å². The lowest BCUT2D eigenvalue weighted by Gasteiger charge is -2.40. The second kappa shape index (κ2) is 9.12. The van der Waals surface area contributed by atoms with Gasteiger partial charge < -0.3 is 4.90 Å². The Bertz CT molecular complexity index is 1170. The molecule has 3 aromatic rings. The SMILES string of the molecule is Cc1cc(N2CCN(Cc3ccc(C#N)cc3)C[C@@H]2C)nc(-c2cccc([N+](=O)[O-])c2)n1. The summed E-state index contributed by atoms with van der Waals surface area (Å²) in [6.45, 7) is 7.52. The maximum absolute atomic E-state index is 11.1. The zero-order valence-corrected chi connectivity index (χ0v) is 18.1. The van der Waals surface area contributed by atoms with Crippen molar-refractivity contribution >= 4 is 11.5 Å². The van der Waals surface area contributed by atoms with Gasteiger partial charge in [0.25, 0.3) is 5.69 Å². The van der Waals surface area contributed by atoms with E-state index in [4.69, 9.17) is 10.2 Å². The smallest absolute Gasteiger partial charge is 0.270 e. The molecule has 2 aromatic carbocycles. The number of anilines is 1. The Morgan fingerprint density at radius 2 is 1.94 bits per heavy atom. The van der Waals surface area contributed by atoms with Crippen LogP contribution in [0.25, 0.3) is 11.4 Å². The van der Waals surface area contributed by atoms with E-state index in [1.54, 1.807) is 12.1 Å². The van der Waals surface area contributed by atoms with Crippen molar-refractivity contribution in [1.29, 1.82) is 5.26 Å². The van der Waals surface area contributed by atoms with Gasteiger partial charge in [-0.15, -0.1) is 0 Å². The molecule has 162 valence electrons. The van der Waals surface area contributed by atoms with Gasteiger partial charge in [0, 0.05) is 61.7 Å². The van der Waals surface area contributed by atoms with Crippen LogP contribution in [0.3, 0.4) is 0 Å². The van der Waals surface area contributed by atoms with E-state index in [0.717, 1.165) is 37.7 Å². The summed E-state index contributed by atoms with van der Waals surface area (Å²) in [5, 5.41) is 20.1. The topological polar surface area (TPSA) is 99.2 Å². The molecule has 2 heterocycles. The van der Waals surface area contributed by atoms with Crippen molar-refractivity contribution in [3.8, 4) is 17.5 Å². The number of nitro groups is 1. The highest BCUT2D eigenvalue weighted by Crippen LogP contribution is 2.26. The summed E-state index contributed by atoms with van der Waals surface area (Å²) in [5.41, 5.74) is 3.35. The zero-order valence-electron chi connectivity index (χ0n) is 18.1.